The molecule has 0 N–H and O–H groups in total. The summed E-state index contributed by atoms with van der Waals surface area (Å²) in [5.41, 5.74) is 0.532. The summed E-state index contributed by atoms with van der Waals surface area (Å²) in [5, 5.41) is 0. The van der Waals surface area contributed by atoms with E-state index < -0.39 is 18.5 Å². The Bertz CT molecular complexity index is 822. The minimum atomic E-state index is -4.62. The number of halogens is 3. The molecule has 0 amide bonds. The zero-order valence-corrected chi connectivity index (χ0v) is 11.3. The second-order valence-electron chi connectivity index (χ2n) is 4.79. The second-order valence-corrected chi connectivity index (χ2v) is 4.79. The van der Waals surface area contributed by atoms with Gasteiger partial charge in [-0.15, -0.1) is 13.2 Å². The largest absolute Gasteiger partial charge is 0.490 e. The molecule has 0 aliphatic rings. The van der Waals surface area contributed by atoms with Crippen molar-refractivity contribution in [2.45, 2.75) is 12.7 Å². The zero-order valence-electron chi connectivity index (χ0n) is 11.3. The molecule has 6 heteroatoms. The summed E-state index contributed by atoms with van der Waals surface area (Å²) in [6, 6.07) is 14.2. The van der Waals surface area contributed by atoms with Crippen LogP contribution in [0.15, 0.2) is 54.6 Å². The third-order valence-electron chi connectivity index (χ3n) is 3.30. The Balaban J connectivity index is 2.05. The molecule has 3 nitrogen and oxygen atoms in total. The predicted molar refractivity (Wildman–Crippen MR) is 75.5 cm³/mol. The van der Waals surface area contributed by atoms with Crippen molar-refractivity contribution in [1.29, 1.82) is 0 Å². The summed E-state index contributed by atoms with van der Waals surface area (Å²) in [7, 11) is 0. The van der Waals surface area contributed by atoms with E-state index >= 15 is 0 Å². The third-order valence-corrected chi connectivity index (χ3v) is 3.30. The number of imidazole rings is 1. The van der Waals surface area contributed by atoms with E-state index in [4.69, 9.17) is 0 Å². The smallest absolute Gasteiger partial charge is 0.294 e. The number of benzene rings is 2. The van der Waals surface area contributed by atoms with Gasteiger partial charge in [0.05, 0.1) is 17.5 Å². The Kier molecular flexibility index (Phi) is 3.44. The first-order chi connectivity index (χ1) is 10.5. The van der Waals surface area contributed by atoms with Crippen molar-refractivity contribution >= 4 is 16.8 Å². The number of para-hydroxylation sites is 2. The van der Waals surface area contributed by atoms with Crippen molar-refractivity contribution in [1.82, 2.24) is 9.55 Å². The molecule has 112 valence electrons. The number of hydrogen-bond donors (Lipinski definition) is 0. The molecule has 0 radical (unpaired) electrons. The van der Waals surface area contributed by atoms with E-state index in [1.54, 1.807) is 36.4 Å². The molecule has 0 aliphatic heterocycles. The maximum Gasteiger partial charge on any atom is 0.490 e. The zero-order chi connectivity index (χ0) is 15.7. The molecule has 0 saturated carbocycles. The average Bonchev–Trinajstić information content (AvgIpc) is 2.85. The van der Waals surface area contributed by atoms with Crippen LogP contribution in [0.1, 0.15) is 16.2 Å². The molecule has 0 aliphatic carbocycles. The SMILES string of the molecule is O=C(Cc1nc2ccccc2n1C(F)(F)F)c1ccccc1. The maximum atomic E-state index is 13.3. The van der Waals surface area contributed by atoms with Crippen LogP contribution in [0, 0.1) is 0 Å². The first kappa shape index (κ1) is 14.3. The van der Waals surface area contributed by atoms with Gasteiger partial charge in [-0.3, -0.25) is 4.79 Å². The van der Waals surface area contributed by atoms with E-state index in [0.717, 1.165) is 0 Å². The molecule has 0 saturated heterocycles. The summed E-state index contributed by atoms with van der Waals surface area (Å²) in [4.78, 5) is 16.1. The lowest BCUT2D eigenvalue weighted by molar-refractivity contribution is -0.202. The van der Waals surface area contributed by atoms with Crippen LogP contribution in [0.4, 0.5) is 13.2 Å². The topological polar surface area (TPSA) is 34.9 Å². The highest BCUT2D eigenvalue weighted by atomic mass is 19.4. The third kappa shape index (κ3) is 2.59. The van der Waals surface area contributed by atoms with Crippen molar-refractivity contribution in [2.24, 2.45) is 0 Å². The summed E-state index contributed by atoms with van der Waals surface area (Å²) in [6.45, 7) is 0. The fourth-order valence-electron chi connectivity index (χ4n) is 2.35. The molecule has 0 bridgehead atoms. The fraction of sp³-hybridized carbons (Fsp3) is 0.125. The van der Waals surface area contributed by atoms with Gasteiger partial charge in [-0.25, -0.2) is 9.55 Å². The highest BCUT2D eigenvalue weighted by Gasteiger charge is 2.35. The van der Waals surface area contributed by atoms with Crippen molar-refractivity contribution in [3.8, 4) is 0 Å². The Hall–Kier alpha value is -2.63. The number of ketones is 1. The Morgan fingerprint density at radius 3 is 2.32 bits per heavy atom. The molecule has 0 unspecified atom stereocenters. The molecule has 3 aromatic rings. The summed E-state index contributed by atoms with van der Waals surface area (Å²) in [6.07, 6.45) is -5.03. The van der Waals surface area contributed by atoms with Gasteiger partial charge in [0.25, 0.3) is 0 Å². The van der Waals surface area contributed by atoms with Crippen LogP contribution in [-0.2, 0) is 12.7 Å². The first-order valence-corrected chi connectivity index (χ1v) is 6.58. The van der Waals surface area contributed by atoms with Crippen LogP contribution in [0.5, 0.6) is 0 Å². The number of carbonyl (C=O) groups is 1. The molecular formula is C16H11F3N2O. The number of alkyl halides is 3. The first-order valence-electron chi connectivity index (χ1n) is 6.58. The van der Waals surface area contributed by atoms with E-state index in [9.17, 15) is 18.0 Å². The van der Waals surface area contributed by atoms with E-state index in [-0.39, 0.29) is 21.4 Å². The number of hydrogen-bond acceptors (Lipinski definition) is 2. The van der Waals surface area contributed by atoms with Gasteiger partial charge in [0.2, 0.25) is 0 Å². The standard InChI is InChI=1S/C16H11F3N2O/c17-16(18,19)21-13-9-5-4-8-12(13)20-15(21)10-14(22)11-6-2-1-3-7-11/h1-9H,10H2. The Labute approximate surface area is 124 Å². The van der Waals surface area contributed by atoms with Gasteiger partial charge in [-0.1, -0.05) is 42.5 Å². The maximum absolute atomic E-state index is 13.3. The van der Waals surface area contributed by atoms with E-state index in [2.05, 4.69) is 4.98 Å². The van der Waals surface area contributed by atoms with Gasteiger partial charge in [-0.2, -0.15) is 0 Å². The Morgan fingerprint density at radius 1 is 1.00 bits per heavy atom. The summed E-state index contributed by atoms with van der Waals surface area (Å²) in [5.74, 6) is -0.705. The van der Waals surface area contributed by atoms with Crippen LogP contribution in [0.25, 0.3) is 11.0 Å². The van der Waals surface area contributed by atoms with E-state index in [1.165, 1.54) is 18.2 Å². The number of rotatable bonds is 3. The summed E-state index contributed by atoms with van der Waals surface area (Å²) < 4.78 is 40.0. The van der Waals surface area contributed by atoms with Crippen molar-refractivity contribution in [2.75, 3.05) is 0 Å². The lowest BCUT2D eigenvalue weighted by Crippen LogP contribution is -2.21. The van der Waals surface area contributed by atoms with Gasteiger partial charge >= 0.3 is 6.30 Å². The Morgan fingerprint density at radius 2 is 1.64 bits per heavy atom. The number of aromatic nitrogens is 2. The number of fused-ring (bicyclic) bond motifs is 1. The van der Waals surface area contributed by atoms with Gasteiger partial charge in [0, 0.05) is 5.56 Å². The minimum Gasteiger partial charge on any atom is -0.294 e. The van der Waals surface area contributed by atoms with Crippen LogP contribution in [0.3, 0.4) is 0 Å². The quantitative estimate of drug-likeness (QED) is 0.687. The lowest BCUT2D eigenvalue weighted by Gasteiger charge is -2.12. The lowest BCUT2D eigenvalue weighted by atomic mass is 10.1. The number of Topliss-reactive ketones (excluding diaryl/α,β-unsaturated/α-hetero) is 1. The monoisotopic (exact) mass is 304 g/mol. The molecule has 3 rings (SSSR count). The fourth-order valence-corrected chi connectivity index (χ4v) is 2.35. The summed E-state index contributed by atoms with van der Waals surface area (Å²) >= 11 is 0. The van der Waals surface area contributed by atoms with Crippen LogP contribution in [-0.4, -0.2) is 15.3 Å². The van der Waals surface area contributed by atoms with Crippen molar-refractivity contribution < 1.29 is 18.0 Å². The van der Waals surface area contributed by atoms with Crippen LogP contribution < -0.4 is 0 Å². The van der Waals surface area contributed by atoms with Crippen molar-refractivity contribution in [3.63, 3.8) is 0 Å². The van der Waals surface area contributed by atoms with E-state index in [1.807, 2.05) is 0 Å². The average molecular weight is 304 g/mol. The van der Waals surface area contributed by atoms with Gasteiger partial charge in [0.15, 0.2) is 5.78 Å². The second kappa shape index (κ2) is 5.29. The number of carbonyl (C=O) groups excluding carboxylic acids is 1. The predicted octanol–water partition coefficient (Wildman–Crippen LogP) is 3.94. The van der Waals surface area contributed by atoms with Gasteiger partial charge < -0.3 is 0 Å². The molecule has 2 aromatic carbocycles. The van der Waals surface area contributed by atoms with Gasteiger partial charge in [-0.05, 0) is 12.1 Å². The van der Waals surface area contributed by atoms with Crippen LogP contribution in [0.2, 0.25) is 0 Å². The minimum absolute atomic E-state index is 0.0501. The van der Waals surface area contributed by atoms with Gasteiger partial charge in [0.1, 0.15) is 5.82 Å². The highest BCUT2D eigenvalue weighted by molar-refractivity contribution is 5.97. The number of nitrogens with zero attached hydrogens (tertiary/aromatic N) is 2. The van der Waals surface area contributed by atoms with Crippen molar-refractivity contribution in [3.05, 3.63) is 66.0 Å². The van der Waals surface area contributed by atoms with Crippen LogP contribution >= 0.6 is 0 Å². The molecule has 1 heterocycles. The highest BCUT2D eigenvalue weighted by Crippen LogP contribution is 2.30. The molecule has 1 aromatic heterocycles. The molecule has 0 fully saturated rings. The van der Waals surface area contributed by atoms with E-state index in [0.29, 0.717) is 5.56 Å². The molecule has 0 atom stereocenters. The molecule has 22 heavy (non-hydrogen) atoms. The normalized spacial score (nSPS) is 11.8. The molecule has 0 spiro atoms. The molecular weight excluding hydrogens is 293 g/mol.